The van der Waals surface area contributed by atoms with Crippen molar-refractivity contribution >= 4 is 17.1 Å². The number of halogens is 1. The van der Waals surface area contributed by atoms with E-state index in [2.05, 4.69) is 10.6 Å². The summed E-state index contributed by atoms with van der Waals surface area (Å²) in [5.74, 6) is -0.682. The Morgan fingerprint density at radius 2 is 1.46 bits per heavy atom. The first-order valence-corrected chi connectivity index (χ1v) is 8.13. The van der Waals surface area contributed by atoms with Gasteiger partial charge in [-0.1, -0.05) is 60.7 Å². The molecule has 132 valence electrons. The molecule has 0 radical (unpaired) electrons. The van der Waals surface area contributed by atoms with Crippen molar-refractivity contribution < 1.29 is 9.31 Å². The first-order valence-electron chi connectivity index (χ1n) is 8.13. The van der Waals surface area contributed by atoms with Gasteiger partial charge in [0.25, 0.3) is 5.69 Å². The third-order valence-corrected chi connectivity index (χ3v) is 4.13. The summed E-state index contributed by atoms with van der Waals surface area (Å²) in [6.45, 7) is 0. The van der Waals surface area contributed by atoms with Gasteiger partial charge in [0.05, 0.1) is 16.7 Å². The van der Waals surface area contributed by atoms with Gasteiger partial charge >= 0.3 is 0 Å². The molecule has 0 saturated heterocycles. The summed E-state index contributed by atoms with van der Waals surface area (Å²) in [5.41, 5.74) is 1.67. The van der Waals surface area contributed by atoms with Crippen molar-refractivity contribution in [2.45, 2.75) is 6.04 Å². The molecular formula is C20H18FN3O2. The van der Waals surface area contributed by atoms with Gasteiger partial charge in [-0.15, -0.1) is 0 Å². The molecule has 0 bridgehead atoms. The molecule has 0 unspecified atom stereocenters. The highest BCUT2D eigenvalue weighted by molar-refractivity contribution is 5.70. The summed E-state index contributed by atoms with van der Waals surface area (Å²) in [7, 11) is 1.46. The second-order valence-corrected chi connectivity index (χ2v) is 5.73. The lowest BCUT2D eigenvalue weighted by Gasteiger charge is -2.22. The Morgan fingerprint density at radius 3 is 1.92 bits per heavy atom. The maximum Gasteiger partial charge on any atom is 0.295 e. The van der Waals surface area contributed by atoms with Crippen LogP contribution in [0.25, 0.3) is 0 Å². The Hall–Kier alpha value is -3.41. The van der Waals surface area contributed by atoms with Crippen LogP contribution < -0.4 is 10.6 Å². The number of hydrogen-bond acceptors (Lipinski definition) is 4. The second-order valence-electron chi connectivity index (χ2n) is 5.73. The molecule has 0 saturated carbocycles. The van der Waals surface area contributed by atoms with E-state index in [0.717, 1.165) is 11.1 Å². The van der Waals surface area contributed by atoms with Crippen molar-refractivity contribution in [2.24, 2.45) is 0 Å². The van der Waals surface area contributed by atoms with Crippen LogP contribution in [0.2, 0.25) is 0 Å². The van der Waals surface area contributed by atoms with Crippen molar-refractivity contribution in [2.75, 3.05) is 17.7 Å². The number of anilines is 2. The molecule has 26 heavy (non-hydrogen) atoms. The predicted octanol–water partition coefficient (Wildman–Crippen LogP) is 4.98. The van der Waals surface area contributed by atoms with Gasteiger partial charge < -0.3 is 10.6 Å². The molecule has 3 rings (SSSR count). The summed E-state index contributed by atoms with van der Waals surface area (Å²) in [5, 5.41) is 16.9. The molecule has 5 nitrogen and oxygen atoms in total. The molecule has 0 atom stereocenters. The summed E-state index contributed by atoms with van der Waals surface area (Å²) >= 11 is 0. The van der Waals surface area contributed by atoms with Crippen molar-refractivity contribution in [3.05, 3.63) is 99.9 Å². The molecule has 2 N–H and O–H groups in total. The van der Waals surface area contributed by atoms with Crippen LogP contribution in [0.5, 0.6) is 0 Å². The zero-order chi connectivity index (χ0) is 18.5. The van der Waals surface area contributed by atoms with Crippen LogP contribution in [-0.2, 0) is 0 Å². The molecule has 0 fully saturated rings. The lowest BCUT2D eigenvalue weighted by Crippen LogP contribution is -2.14. The molecule has 0 aliphatic rings. The van der Waals surface area contributed by atoms with Crippen molar-refractivity contribution in [1.29, 1.82) is 0 Å². The number of nitro benzene ring substituents is 1. The zero-order valence-corrected chi connectivity index (χ0v) is 14.1. The molecule has 0 aliphatic heterocycles. The van der Waals surface area contributed by atoms with Crippen molar-refractivity contribution in [3.8, 4) is 0 Å². The van der Waals surface area contributed by atoms with Gasteiger partial charge in [-0.2, -0.15) is 0 Å². The van der Waals surface area contributed by atoms with E-state index in [1.807, 2.05) is 60.7 Å². The Morgan fingerprint density at radius 1 is 0.923 bits per heavy atom. The number of nitrogens with zero attached hydrogens (tertiary/aromatic N) is 1. The number of hydrogen-bond donors (Lipinski definition) is 2. The quantitative estimate of drug-likeness (QED) is 0.486. The highest BCUT2D eigenvalue weighted by Crippen LogP contribution is 2.35. The average molecular weight is 351 g/mol. The molecule has 0 aromatic heterocycles. The van der Waals surface area contributed by atoms with Gasteiger partial charge in [0.15, 0.2) is 11.5 Å². The molecule has 3 aromatic carbocycles. The third kappa shape index (κ3) is 3.49. The van der Waals surface area contributed by atoms with E-state index in [1.165, 1.54) is 19.2 Å². The van der Waals surface area contributed by atoms with Crippen LogP contribution in [0, 0.1) is 15.9 Å². The Bertz CT molecular complexity index is 862. The molecule has 0 amide bonds. The third-order valence-electron chi connectivity index (χ3n) is 4.13. The van der Waals surface area contributed by atoms with Crippen LogP contribution in [0.4, 0.5) is 21.5 Å². The average Bonchev–Trinajstić information content (AvgIpc) is 2.68. The predicted molar refractivity (Wildman–Crippen MR) is 101 cm³/mol. The lowest BCUT2D eigenvalue weighted by atomic mass is 9.98. The van der Waals surface area contributed by atoms with Crippen molar-refractivity contribution in [1.82, 2.24) is 0 Å². The van der Waals surface area contributed by atoms with E-state index in [-0.39, 0.29) is 23.1 Å². The molecule has 3 aromatic rings. The van der Waals surface area contributed by atoms with Gasteiger partial charge in [0.1, 0.15) is 0 Å². The highest BCUT2D eigenvalue weighted by Gasteiger charge is 2.22. The van der Waals surface area contributed by atoms with Gasteiger partial charge in [-0.05, 0) is 17.2 Å². The van der Waals surface area contributed by atoms with Crippen LogP contribution in [0.1, 0.15) is 17.2 Å². The standard InChI is InChI=1S/C20H18FN3O2/c1-22-20-17(24(25)26)13-12-16(18(20)21)23-19(14-8-4-2-5-9-14)15-10-6-3-7-11-15/h2-13,19,22-23H,1H3. The Kier molecular flexibility index (Phi) is 5.12. The molecule has 0 aliphatic carbocycles. The monoisotopic (exact) mass is 351 g/mol. The topological polar surface area (TPSA) is 67.2 Å². The number of benzene rings is 3. The normalized spacial score (nSPS) is 10.6. The number of nitrogens with one attached hydrogen (secondary N) is 2. The summed E-state index contributed by atoms with van der Waals surface area (Å²) < 4.78 is 14.9. The summed E-state index contributed by atoms with van der Waals surface area (Å²) in [4.78, 5) is 10.5. The van der Waals surface area contributed by atoms with E-state index < -0.39 is 10.7 Å². The fourth-order valence-electron chi connectivity index (χ4n) is 2.87. The second kappa shape index (κ2) is 7.65. The Balaban J connectivity index is 2.04. The zero-order valence-electron chi connectivity index (χ0n) is 14.1. The van der Waals surface area contributed by atoms with Gasteiger partial charge in [0, 0.05) is 13.1 Å². The molecule has 0 spiro atoms. The fraction of sp³-hybridized carbons (Fsp3) is 0.100. The minimum atomic E-state index is -0.682. The Labute approximate surface area is 150 Å². The minimum absolute atomic E-state index is 0.139. The summed E-state index contributed by atoms with van der Waals surface area (Å²) in [6, 6.07) is 21.7. The fourth-order valence-corrected chi connectivity index (χ4v) is 2.87. The highest BCUT2D eigenvalue weighted by atomic mass is 19.1. The maximum atomic E-state index is 14.9. The maximum absolute atomic E-state index is 14.9. The lowest BCUT2D eigenvalue weighted by molar-refractivity contribution is -0.384. The van der Waals surface area contributed by atoms with E-state index in [9.17, 15) is 14.5 Å². The van der Waals surface area contributed by atoms with Crippen LogP contribution in [0.3, 0.4) is 0 Å². The van der Waals surface area contributed by atoms with Crippen LogP contribution in [-0.4, -0.2) is 12.0 Å². The van der Waals surface area contributed by atoms with Gasteiger partial charge in [0.2, 0.25) is 0 Å². The SMILES string of the molecule is CNc1c([N+](=O)[O-])ccc(NC(c2ccccc2)c2ccccc2)c1F. The number of rotatable bonds is 6. The van der Waals surface area contributed by atoms with E-state index in [0.29, 0.717) is 0 Å². The van der Waals surface area contributed by atoms with Crippen LogP contribution in [0.15, 0.2) is 72.8 Å². The van der Waals surface area contributed by atoms with E-state index in [1.54, 1.807) is 0 Å². The first kappa shape index (κ1) is 17.4. The van der Waals surface area contributed by atoms with Gasteiger partial charge in [-0.25, -0.2) is 4.39 Å². The smallest absolute Gasteiger partial charge is 0.295 e. The molecule has 0 heterocycles. The minimum Gasteiger partial charge on any atom is -0.380 e. The van der Waals surface area contributed by atoms with Crippen LogP contribution >= 0.6 is 0 Å². The number of nitro groups is 1. The first-order chi connectivity index (χ1) is 12.6. The summed E-state index contributed by atoms with van der Waals surface area (Å²) in [6.07, 6.45) is 0. The largest absolute Gasteiger partial charge is 0.380 e. The van der Waals surface area contributed by atoms with E-state index >= 15 is 0 Å². The molecular weight excluding hydrogens is 333 g/mol. The van der Waals surface area contributed by atoms with Gasteiger partial charge in [-0.3, -0.25) is 10.1 Å². The molecule has 6 heteroatoms. The van der Waals surface area contributed by atoms with Crippen molar-refractivity contribution in [3.63, 3.8) is 0 Å². The van der Waals surface area contributed by atoms with E-state index in [4.69, 9.17) is 0 Å².